The number of amides is 1. The van der Waals surface area contributed by atoms with Crippen molar-refractivity contribution in [1.82, 2.24) is 10.2 Å². The molecule has 0 saturated carbocycles. The molecule has 6 nitrogen and oxygen atoms in total. The van der Waals surface area contributed by atoms with Gasteiger partial charge in [-0.05, 0) is 18.1 Å². The number of nitrogens with zero attached hydrogens (tertiary/aromatic N) is 2. The van der Waals surface area contributed by atoms with E-state index < -0.39 is 5.91 Å². The lowest BCUT2D eigenvalue weighted by Crippen LogP contribution is -2.30. The fourth-order valence-electron chi connectivity index (χ4n) is 1.15. The van der Waals surface area contributed by atoms with Crippen LogP contribution in [0.5, 0.6) is 0 Å². The van der Waals surface area contributed by atoms with Crippen molar-refractivity contribution in [3.05, 3.63) is 17.8 Å². The van der Waals surface area contributed by atoms with Gasteiger partial charge in [-0.1, -0.05) is 13.8 Å². The van der Waals surface area contributed by atoms with Crippen molar-refractivity contribution < 1.29 is 9.90 Å². The lowest BCUT2D eigenvalue weighted by Gasteiger charge is -2.19. The first-order valence-corrected chi connectivity index (χ1v) is 5.05. The Bertz CT molecular complexity index is 350. The average molecular weight is 224 g/mol. The number of aromatic nitrogens is 2. The fourth-order valence-corrected chi connectivity index (χ4v) is 1.15. The molecule has 0 fully saturated rings. The highest BCUT2D eigenvalue weighted by Crippen LogP contribution is 2.09. The van der Waals surface area contributed by atoms with E-state index >= 15 is 0 Å². The molecule has 0 spiro atoms. The molecule has 0 radical (unpaired) electrons. The Labute approximate surface area is 93.9 Å². The number of nitrogens with two attached hydrogens (primary N) is 1. The van der Waals surface area contributed by atoms with Crippen molar-refractivity contribution in [2.24, 2.45) is 11.7 Å². The van der Waals surface area contributed by atoms with Crippen LogP contribution in [0.4, 0.5) is 5.82 Å². The van der Waals surface area contributed by atoms with Crippen LogP contribution in [0.15, 0.2) is 12.1 Å². The number of aliphatic hydroxyl groups excluding tert-OH is 1. The van der Waals surface area contributed by atoms with E-state index in [-0.39, 0.29) is 24.3 Å². The molecule has 0 aromatic carbocycles. The summed E-state index contributed by atoms with van der Waals surface area (Å²) < 4.78 is 0. The summed E-state index contributed by atoms with van der Waals surface area (Å²) in [5.74, 6) is 0.169. The zero-order valence-corrected chi connectivity index (χ0v) is 9.34. The first-order chi connectivity index (χ1) is 7.54. The molecule has 4 N–H and O–H groups in total. The minimum Gasteiger partial charge on any atom is -0.394 e. The van der Waals surface area contributed by atoms with Gasteiger partial charge in [0.15, 0.2) is 5.69 Å². The summed E-state index contributed by atoms with van der Waals surface area (Å²) in [4.78, 5) is 10.8. The van der Waals surface area contributed by atoms with Gasteiger partial charge in [-0.25, -0.2) is 0 Å². The van der Waals surface area contributed by atoms with Gasteiger partial charge in [0.1, 0.15) is 5.82 Å². The van der Waals surface area contributed by atoms with Gasteiger partial charge in [-0.15, -0.1) is 10.2 Å². The van der Waals surface area contributed by atoms with E-state index in [2.05, 4.69) is 15.5 Å². The molecule has 0 aliphatic heterocycles. The number of anilines is 1. The molecule has 1 atom stereocenters. The van der Waals surface area contributed by atoms with Gasteiger partial charge in [-0.2, -0.15) is 0 Å². The molecular formula is C10H16N4O2. The van der Waals surface area contributed by atoms with Gasteiger partial charge in [-0.3, -0.25) is 4.79 Å². The van der Waals surface area contributed by atoms with Crippen molar-refractivity contribution in [2.45, 2.75) is 19.9 Å². The molecule has 0 bridgehead atoms. The van der Waals surface area contributed by atoms with Gasteiger partial charge >= 0.3 is 0 Å². The number of hydrogen-bond donors (Lipinski definition) is 3. The van der Waals surface area contributed by atoms with Crippen molar-refractivity contribution in [1.29, 1.82) is 0 Å². The van der Waals surface area contributed by atoms with Gasteiger partial charge in [0.05, 0.1) is 12.6 Å². The zero-order chi connectivity index (χ0) is 12.1. The highest BCUT2D eigenvalue weighted by atomic mass is 16.3. The van der Waals surface area contributed by atoms with E-state index in [1.54, 1.807) is 6.07 Å². The smallest absolute Gasteiger partial charge is 0.269 e. The summed E-state index contributed by atoms with van der Waals surface area (Å²) in [7, 11) is 0. The predicted molar refractivity (Wildman–Crippen MR) is 59.9 cm³/mol. The topological polar surface area (TPSA) is 101 Å². The van der Waals surface area contributed by atoms with Crippen LogP contribution in [0.25, 0.3) is 0 Å². The Balaban J connectivity index is 2.71. The maximum absolute atomic E-state index is 10.8. The standard InChI is InChI=1S/C10H16N4O2/c1-6(2)8(5-15)12-9-4-3-7(10(11)16)13-14-9/h3-4,6,8,15H,5H2,1-2H3,(H2,11,16)(H,12,14)/t8-/m1/s1. The van der Waals surface area contributed by atoms with E-state index in [1.807, 2.05) is 13.8 Å². The van der Waals surface area contributed by atoms with Crippen LogP contribution in [0.3, 0.4) is 0 Å². The Morgan fingerprint density at radius 3 is 2.56 bits per heavy atom. The van der Waals surface area contributed by atoms with E-state index in [0.29, 0.717) is 5.82 Å². The van der Waals surface area contributed by atoms with Crippen LogP contribution in [-0.4, -0.2) is 33.9 Å². The molecule has 88 valence electrons. The molecule has 1 rings (SSSR count). The largest absolute Gasteiger partial charge is 0.394 e. The number of aliphatic hydroxyl groups is 1. The van der Waals surface area contributed by atoms with E-state index in [4.69, 9.17) is 10.8 Å². The average Bonchev–Trinajstić information content (AvgIpc) is 2.26. The lowest BCUT2D eigenvalue weighted by molar-refractivity contribution is 0.0994. The summed E-state index contributed by atoms with van der Waals surface area (Å²) in [5, 5.41) is 19.6. The maximum Gasteiger partial charge on any atom is 0.269 e. The van der Waals surface area contributed by atoms with Crippen LogP contribution in [0, 0.1) is 5.92 Å². The van der Waals surface area contributed by atoms with Crippen LogP contribution < -0.4 is 11.1 Å². The van der Waals surface area contributed by atoms with E-state index in [9.17, 15) is 4.79 Å². The summed E-state index contributed by atoms with van der Waals surface area (Å²) in [6.07, 6.45) is 0. The Morgan fingerprint density at radius 1 is 1.50 bits per heavy atom. The van der Waals surface area contributed by atoms with Gasteiger partial charge < -0.3 is 16.2 Å². The minimum absolute atomic E-state index is 0.0108. The van der Waals surface area contributed by atoms with Crippen LogP contribution in [0.2, 0.25) is 0 Å². The quantitative estimate of drug-likeness (QED) is 0.653. The molecule has 1 amide bonds. The summed E-state index contributed by atoms with van der Waals surface area (Å²) in [5.41, 5.74) is 5.16. The number of hydrogen-bond acceptors (Lipinski definition) is 5. The predicted octanol–water partition coefficient (Wildman–Crippen LogP) is 0.00430. The normalized spacial score (nSPS) is 12.5. The molecule has 0 aliphatic rings. The number of carbonyl (C=O) groups is 1. The summed E-state index contributed by atoms with van der Waals surface area (Å²) in [6, 6.07) is 3.01. The second-order valence-electron chi connectivity index (χ2n) is 3.85. The monoisotopic (exact) mass is 224 g/mol. The molecule has 16 heavy (non-hydrogen) atoms. The van der Waals surface area contributed by atoms with Crippen molar-refractivity contribution in [2.75, 3.05) is 11.9 Å². The molecule has 1 aromatic rings. The third-order valence-corrected chi connectivity index (χ3v) is 2.25. The maximum atomic E-state index is 10.8. The van der Waals surface area contributed by atoms with Crippen molar-refractivity contribution in [3.8, 4) is 0 Å². The number of primary amides is 1. The molecule has 0 unspecified atom stereocenters. The first-order valence-electron chi connectivity index (χ1n) is 5.05. The summed E-state index contributed by atoms with van der Waals surface area (Å²) >= 11 is 0. The lowest BCUT2D eigenvalue weighted by atomic mass is 10.1. The van der Waals surface area contributed by atoms with Gasteiger partial charge in [0, 0.05) is 0 Å². The second kappa shape index (κ2) is 5.41. The highest BCUT2D eigenvalue weighted by Gasteiger charge is 2.12. The zero-order valence-electron chi connectivity index (χ0n) is 9.34. The Morgan fingerprint density at radius 2 is 2.19 bits per heavy atom. The third kappa shape index (κ3) is 3.16. The van der Waals surface area contributed by atoms with Crippen LogP contribution >= 0.6 is 0 Å². The molecular weight excluding hydrogens is 208 g/mol. The third-order valence-electron chi connectivity index (χ3n) is 2.25. The number of carbonyl (C=O) groups excluding carboxylic acids is 1. The number of rotatable bonds is 5. The summed E-state index contributed by atoms with van der Waals surface area (Å²) in [6.45, 7) is 3.98. The van der Waals surface area contributed by atoms with Crippen molar-refractivity contribution >= 4 is 11.7 Å². The fraction of sp³-hybridized carbons (Fsp3) is 0.500. The molecule has 1 heterocycles. The van der Waals surface area contributed by atoms with E-state index in [1.165, 1.54) is 6.07 Å². The molecule has 0 saturated heterocycles. The Hall–Kier alpha value is -1.69. The van der Waals surface area contributed by atoms with Crippen molar-refractivity contribution in [3.63, 3.8) is 0 Å². The molecule has 1 aromatic heterocycles. The van der Waals surface area contributed by atoms with Gasteiger partial charge in [0.2, 0.25) is 0 Å². The van der Waals surface area contributed by atoms with Crippen LogP contribution in [0.1, 0.15) is 24.3 Å². The SMILES string of the molecule is CC(C)[C@@H](CO)Nc1ccc(C(N)=O)nn1. The van der Waals surface area contributed by atoms with Gasteiger partial charge in [0.25, 0.3) is 5.91 Å². The first kappa shape index (κ1) is 12.4. The number of nitrogens with one attached hydrogen (secondary N) is 1. The highest BCUT2D eigenvalue weighted by molar-refractivity contribution is 5.90. The molecule has 0 aliphatic carbocycles. The van der Waals surface area contributed by atoms with E-state index in [0.717, 1.165) is 0 Å². The van der Waals surface area contributed by atoms with Crippen LogP contribution in [-0.2, 0) is 0 Å². The minimum atomic E-state index is -0.610. The molecule has 6 heteroatoms. The Kier molecular flexibility index (Phi) is 4.19. The second-order valence-corrected chi connectivity index (χ2v) is 3.85.